The zero-order valence-electron chi connectivity index (χ0n) is 21.2. The van der Waals surface area contributed by atoms with Crippen molar-refractivity contribution in [1.82, 2.24) is 9.88 Å². The molecule has 2 heterocycles. The molecule has 0 spiro atoms. The van der Waals surface area contributed by atoms with Crippen LogP contribution in [-0.4, -0.2) is 52.4 Å². The maximum atomic E-state index is 13.4. The van der Waals surface area contributed by atoms with Crippen molar-refractivity contribution < 1.29 is 29.1 Å². The number of aromatic nitrogens is 1. The lowest BCUT2D eigenvalue weighted by Gasteiger charge is -2.25. The molecular formula is C29H25N3O7. The van der Waals surface area contributed by atoms with Crippen LogP contribution in [-0.2, 0) is 16.0 Å². The highest BCUT2D eigenvalue weighted by molar-refractivity contribution is 6.46. The van der Waals surface area contributed by atoms with Crippen LogP contribution in [0.5, 0.6) is 11.5 Å². The number of benzene rings is 3. The van der Waals surface area contributed by atoms with Crippen molar-refractivity contribution in [2.24, 2.45) is 0 Å². The van der Waals surface area contributed by atoms with Crippen molar-refractivity contribution in [2.45, 2.75) is 12.5 Å². The van der Waals surface area contributed by atoms with Crippen LogP contribution in [0, 0.1) is 10.1 Å². The summed E-state index contributed by atoms with van der Waals surface area (Å²) >= 11 is 0. The quantitative estimate of drug-likeness (QED) is 0.111. The van der Waals surface area contributed by atoms with Gasteiger partial charge in [0.25, 0.3) is 17.4 Å². The first-order chi connectivity index (χ1) is 18.8. The number of aliphatic hydroxyl groups is 1. The Morgan fingerprint density at radius 1 is 1.03 bits per heavy atom. The number of hydrogen-bond donors (Lipinski definition) is 2. The van der Waals surface area contributed by atoms with Crippen LogP contribution in [0.15, 0.2) is 78.5 Å². The van der Waals surface area contributed by atoms with Gasteiger partial charge in [0.15, 0.2) is 0 Å². The number of nitro groups is 1. The summed E-state index contributed by atoms with van der Waals surface area (Å²) in [5, 5.41) is 24.1. The fourth-order valence-electron chi connectivity index (χ4n) is 4.98. The number of nitrogens with zero attached hydrogens (tertiary/aromatic N) is 2. The number of Topliss-reactive ketones (excluding diaryl/α,β-unsaturated/α-hetero) is 1. The highest BCUT2D eigenvalue weighted by Gasteiger charge is 2.48. The molecule has 2 N–H and O–H groups in total. The van der Waals surface area contributed by atoms with Crippen molar-refractivity contribution in [1.29, 1.82) is 0 Å². The molecule has 1 aromatic heterocycles. The molecule has 1 unspecified atom stereocenters. The van der Waals surface area contributed by atoms with Crippen molar-refractivity contribution >= 4 is 34.0 Å². The van der Waals surface area contributed by atoms with Crippen molar-refractivity contribution in [3.8, 4) is 11.5 Å². The number of para-hydroxylation sites is 1. The van der Waals surface area contributed by atoms with E-state index in [0.29, 0.717) is 17.9 Å². The van der Waals surface area contributed by atoms with E-state index in [-0.39, 0.29) is 28.9 Å². The molecule has 0 radical (unpaired) electrons. The summed E-state index contributed by atoms with van der Waals surface area (Å²) in [6.07, 6.45) is 2.16. The third kappa shape index (κ3) is 4.56. The van der Waals surface area contributed by atoms with Gasteiger partial charge in [-0.25, -0.2) is 0 Å². The Bertz CT molecular complexity index is 1640. The van der Waals surface area contributed by atoms with Crippen LogP contribution in [0.3, 0.4) is 0 Å². The summed E-state index contributed by atoms with van der Waals surface area (Å²) in [7, 11) is 3.04. The van der Waals surface area contributed by atoms with E-state index in [4.69, 9.17) is 9.47 Å². The molecular weight excluding hydrogens is 502 g/mol. The first-order valence-corrected chi connectivity index (χ1v) is 12.1. The second-order valence-electron chi connectivity index (χ2n) is 9.02. The SMILES string of the molecule is COc1cccc(/C(O)=C2/C(=O)C(=O)N(CCc3c[nH]c4ccc(OC)cc34)C2c2ccccc2[N+](=O)[O-])c1. The van der Waals surface area contributed by atoms with Crippen molar-refractivity contribution in [3.05, 3.63) is 105 Å². The Balaban J connectivity index is 1.61. The largest absolute Gasteiger partial charge is 0.507 e. The lowest BCUT2D eigenvalue weighted by molar-refractivity contribution is -0.385. The van der Waals surface area contributed by atoms with Gasteiger partial charge in [0, 0.05) is 35.3 Å². The number of aliphatic hydroxyl groups excluding tert-OH is 1. The number of aromatic amines is 1. The lowest BCUT2D eigenvalue weighted by Crippen LogP contribution is -2.32. The normalized spacial score (nSPS) is 16.6. The molecule has 5 rings (SSSR count). The first kappa shape index (κ1) is 25.5. The van der Waals surface area contributed by atoms with Crippen LogP contribution in [0.25, 0.3) is 16.7 Å². The maximum absolute atomic E-state index is 13.4. The Labute approximate surface area is 223 Å². The van der Waals surface area contributed by atoms with Gasteiger partial charge in [-0.3, -0.25) is 19.7 Å². The van der Waals surface area contributed by atoms with Gasteiger partial charge in [0.05, 0.1) is 36.3 Å². The first-order valence-electron chi connectivity index (χ1n) is 12.1. The average Bonchev–Trinajstić information content (AvgIpc) is 3.48. The molecule has 10 heteroatoms. The molecule has 1 amide bonds. The van der Waals surface area contributed by atoms with E-state index in [9.17, 15) is 24.8 Å². The second kappa shape index (κ2) is 10.3. The molecule has 1 aliphatic rings. The summed E-state index contributed by atoms with van der Waals surface area (Å²) in [5.74, 6) is -1.10. The second-order valence-corrected chi connectivity index (χ2v) is 9.02. The monoisotopic (exact) mass is 527 g/mol. The fraction of sp³-hybridized carbons (Fsp3) is 0.172. The van der Waals surface area contributed by atoms with E-state index < -0.39 is 28.4 Å². The molecule has 0 bridgehead atoms. The predicted molar refractivity (Wildman–Crippen MR) is 144 cm³/mol. The minimum atomic E-state index is -1.17. The molecule has 4 aromatic rings. The number of methoxy groups -OCH3 is 2. The Morgan fingerprint density at radius 3 is 2.51 bits per heavy atom. The minimum absolute atomic E-state index is 0.0698. The summed E-state index contributed by atoms with van der Waals surface area (Å²) in [5.41, 5.74) is 1.65. The number of H-pyrrole nitrogens is 1. The predicted octanol–water partition coefficient (Wildman–Crippen LogP) is 4.76. The summed E-state index contributed by atoms with van der Waals surface area (Å²) in [6.45, 7) is 0.0698. The number of ketones is 1. The molecule has 0 aliphatic carbocycles. The molecule has 3 aromatic carbocycles. The van der Waals surface area contributed by atoms with E-state index in [1.165, 1.54) is 36.3 Å². The van der Waals surface area contributed by atoms with E-state index in [2.05, 4.69) is 4.98 Å². The molecule has 198 valence electrons. The molecule has 1 saturated heterocycles. The van der Waals surface area contributed by atoms with Crippen LogP contribution < -0.4 is 9.47 Å². The van der Waals surface area contributed by atoms with Crippen LogP contribution in [0.2, 0.25) is 0 Å². The zero-order valence-corrected chi connectivity index (χ0v) is 21.2. The van der Waals surface area contributed by atoms with E-state index in [1.54, 1.807) is 31.4 Å². The maximum Gasteiger partial charge on any atom is 0.295 e. The van der Waals surface area contributed by atoms with Crippen LogP contribution in [0.1, 0.15) is 22.7 Å². The number of fused-ring (bicyclic) bond motifs is 1. The number of rotatable bonds is 8. The Kier molecular flexibility index (Phi) is 6.76. The highest BCUT2D eigenvalue weighted by Crippen LogP contribution is 2.43. The van der Waals surface area contributed by atoms with E-state index >= 15 is 0 Å². The summed E-state index contributed by atoms with van der Waals surface area (Å²) < 4.78 is 10.6. The standard InChI is InChI=1S/C29H25N3O7/c1-38-19-7-5-6-17(14-19)27(33)25-26(21-8-3-4-9-24(21)32(36)37)31(29(35)28(25)34)13-12-18-16-30-23-11-10-20(39-2)15-22(18)23/h3-11,14-16,26,30,33H,12-13H2,1-2H3/b27-25-. The summed E-state index contributed by atoms with van der Waals surface area (Å²) in [6, 6.07) is 16.7. The zero-order chi connectivity index (χ0) is 27.7. The highest BCUT2D eigenvalue weighted by atomic mass is 16.6. The Morgan fingerprint density at radius 2 is 1.77 bits per heavy atom. The summed E-state index contributed by atoms with van der Waals surface area (Å²) in [4.78, 5) is 42.6. The number of carbonyl (C=O) groups excluding carboxylic acids is 2. The molecule has 39 heavy (non-hydrogen) atoms. The number of carbonyl (C=O) groups is 2. The third-order valence-corrected chi connectivity index (χ3v) is 6.91. The number of amides is 1. The number of nitrogens with one attached hydrogen (secondary N) is 1. The van der Waals surface area contributed by atoms with Gasteiger partial charge in [0.1, 0.15) is 17.3 Å². The molecule has 0 saturated carbocycles. The fourth-order valence-corrected chi connectivity index (χ4v) is 4.98. The topological polar surface area (TPSA) is 135 Å². The lowest BCUT2D eigenvalue weighted by atomic mass is 9.94. The number of likely N-dealkylation sites (tertiary alicyclic amines) is 1. The smallest absolute Gasteiger partial charge is 0.295 e. The average molecular weight is 528 g/mol. The van der Waals surface area contributed by atoms with Crippen molar-refractivity contribution in [3.63, 3.8) is 0 Å². The minimum Gasteiger partial charge on any atom is -0.507 e. The van der Waals surface area contributed by atoms with Gasteiger partial charge >= 0.3 is 0 Å². The van der Waals surface area contributed by atoms with Gasteiger partial charge in [0.2, 0.25) is 0 Å². The van der Waals surface area contributed by atoms with Gasteiger partial charge < -0.3 is 24.5 Å². The van der Waals surface area contributed by atoms with E-state index in [1.807, 2.05) is 24.4 Å². The van der Waals surface area contributed by atoms with Gasteiger partial charge in [-0.15, -0.1) is 0 Å². The number of nitro benzene ring substituents is 1. The molecule has 1 atom stereocenters. The van der Waals surface area contributed by atoms with Crippen LogP contribution >= 0.6 is 0 Å². The molecule has 10 nitrogen and oxygen atoms in total. The van der Waals surface area contributed by atoms with Crippen LogP contribution in [0.4, 0.5) is 5.69 Å². The number of hydrogen-bond acceptors (Lipinski definition) is 7. The van der Waals surface area contributed by atoms with Gasteiger partial charge in [-0.2, -0.15) is 0 Å². The number of ether oxygens (including phenoxy) is 2. The van der Waals surface area contributed by atoms with E-state index in [0.717, 1.165) is 16.5 Å². The Hall–Kier alpha value is -5.12. The molecule has 1 fully saturated rings. The van der Waals surface area contributed by atoms with Gasteiger partial charge in [-0.1, -0.05) is 24.3 Å². The third-order valence-electron chi connectivity index (χ3n) is 6.91. The molecule has 1 aliphatic heterocycles. The van der Waals surface area contributed by atoms with Gasteiger partial charge in [-0.05, 0) is 48.4 Å². The van der Waals surface area contributed by atoms with Crippen molar-refractivity contribution in [2.75, 3.05) is 20.8 Å².